The molecular weight excluding hydrogens is 616 g/mol. The van der Waals surface area contributed by atoms with Crippen molar-refractivity contribution in [2.24, 2.45) is 4.99 Å². The summed E-state index contributed by atoms with van der Waals surface area (Å²) in [5, 5.41) is 11.5. The van der Waals surface area contributed by atoms with Crippen LogP contribution in [-0.4, -0.2) is 40.5 Å². The average Bonchev–Trinajstić information content (AvgIpc) is 3.34. The molecule has 45 heavy (non-hydrogen) atoms. The third-order valence-electron chi connectivity index (χ3n) is 7.52. The second-order valence-corrected chi connectivity index (χ2v) is 11.7. The fraction of sp³-hybridized carbons (Fsp3) is 0.242. The Morgan fingerprint density at radius 2 is 1.78 bits per heavy atom. The minimum Gasteiger partial charge on any atom is -0.493 e. The molecule has 12 heteroatoms. The number of nitrogens with zero attached hydrogens (tertiary/aromatic N) is 4. The van der Waals surface area contributed by atoms with Crippen LogP contribution in [0, 0.1) is 10.1 Å². The van der Waals surface area contributed by atoms with E-state index in [2.05, 4.69) is 0 Å². The van der Waals surface area contributed by atoms with Crippen molar-refractivity contribution in [3.8, 4) is 11.5 Å². The summed E-state index contributed by atoms with van der Waals surface area (Å²) in [6, 6.07) is 17.9. The van der Waals surface area contributed by atoms with Gasteiger partial charge in [-0.1, -0.05) is 41.1 Å². The standard InChI is InChI=1S/C33H31ClN4O6S/c1-5-36(6-2)32(40)29-20(3)35-33-37(30(29)23-10-12-24(34)13-11-23)31(39)28(45-33)18-22-9-16-26(27(17-22)43-4)44-19-21-7-14-25(15-8-21)38(41)42/h7-18,30H,5-6,19H2,1-4H3/b28-18+/t30-/m0/s1. The van der Waals surface area contributed by atoms with E-state index in [0.29, 0.717) is 55.8 Å². The molecule has 5 rings (SSSR count). The lowest BCUT2D eigenvalue weighted by atomic mass is 9.94. The summed E-state index contributed by atoms with van der Waals surface area (Å²) in [6.45, 7) is 6.88. The summed E-state index contributed by atoms with van der Waals surface area (Å²) >= 11 is 7.43. The highest BCUT2D eigenvalue weighted by atomic mass is 35.5. The van der Waals surface area contributed by atoms with Crippen LogP contribution in [0.5, 0.6) is 11.5 Å². The quantitative estimate of drug-likeness (QED) is 0.172. The van der Waals surface area contributed by atoms with Gasteiger partial charge in [0.15, 0.2) is 16.3 Å². The molecule has 0 aliphatic carbocycles. The van der Waals surface area contributed by atoms with Gasteiger partial charge in [-0.15, -0.1) is 0 Å². The second-order valence-electron chi connectivity index (χ2n) is 10.2. The number of nitro benzene ring substituents is 1. The number of hydrogen-bond acceptors (Lipinski definition) is 8. The molecule has 10 nitrogen and oxygen atoms in total. The van der Waals surface area contributed by atoms with E-state index in [4.69, 9.17) is 26.1 Å². The number of nitro groups is 1. The number of allylic oxidation sites excluding steroid dienone is 1. The van der Waals surface area contributed by atoms with Crippen LogP contribution in [-0.2, 0) is 11.4 Å². The number of ether oxygens (including phenoxy) is 2. The van der Waals surface area contributed by atoms with Gasteiger partial charge in [0, 0.05) is 30.2 Å². The normalized spacial score (nSPS) is 14.5. The predicted molar refractivity (Wildman–Crippen MR) is 174 cm³/mol. The van der Waals surface area contributed by atoms with Crippen molar-refractivity contribution in [3.05, 3.63) is 130 Å². The van der Waals surface area contributed by atoms with E-state index in [1.807, 2.05) is 32.0 Å². The molecule has 0 saturated heterocycles. The van der Waals surface area contributed by atoms with Crippen molar-refractivity contribution >= 4 is 40.6 Å². The average molecular weight is 647 g/mol. The van der Waals surface area contributed by atoms with Crippen molar-refractivity contribution < 1.29 is 19.2 Å². The molecule has 3 aromatic carbocycles. The predicted octanol–water partition coefficient (Wildman–Crippen LogP) is 5.25. The molecule has 1 atom stereocenters. The number of methoxy groups -OCH3 is 1. The third kappa shape index (κ3) is 6.54. The number of carbonyl (C=O) groups is 1. The monoisotopic (exact) mass is 646 g/mol. The molecule has 1 amide bonds. The number of likely N-dealkylation sites (N-methyl/N-ethyl adjacent to an activating group) is 1. The van der Waals surface area contributed by atoms with Gasteiger partial charge in [-0.2, -0.15) is 0 Å². The number of amides is 1. The molecule has 2 heterocycles. The maximum Gasteiger partial charge on any atom is 0.271 e. The summed E-state index contributed by atoms with van der Waals surface area (Å²) < 4.78 is 13.5. The van der Waals surface area contributed by atoms with Crippen molar-refractivity contribution in [1.82, 2.24) is 9.47 Å². The van der Waals surface area contributed by atoms with E-state index in [0.717, 1.165) is 11.1 Å². The van der Waals surface area contributed by atoms with E-state index in [1.54, 1.807) is 58.9 Å². The number of rotatable bonds is 10. The van der Waals surface area contributed by atoms with Crippen LogP contribution in [0.2, 0.25) is 5.02 Å². The Labute approximate surface area is 268 Å². The zero-order chi connectivity index (χ0) is 32.2. The Morgan fingerprint density at radius 3 is 2.40 bits per heavy atom. The molecule has 0 bridgehead atoms. The first-order chi connectivity index (χ1) is 21.6. The first-order valence-electron chi connectivity index (χ1n) is 14.3. The molecule has 0 N–H and O–H groups in total. The Bertz CT molecular complexity index is 1960. The highest BCUT2D eigenvalue weighted by Gasteiger charge is 2.34. The number of non-ortho nitro benzene ring substituents is 1. The number of halogens is 1. The molecule has 0 radical (unpaired) electrons. The molecule has 0 spiro atoms. The Hall–Kier alpha value is -4.74. The molecule has 4 aromatic rings. The molecule has 1 aliphatic heterocycles. The van der Waals surface area contributed by atoms with Crippen LogP contribution >= 0.6 is 22.9 Å². The molecule has 1 aliphatic rings. The SMILES string of the molecule is CCN(CC)C(=O)C1=C(C)N=c2s/c(=C/c3ccc(OCc4ccc([N+](=O)[O-])cc4)c(OC)c3)c(=O)n2[C@H]1c1ccc(Cl)cc1. The zero-order valence-corrected chi connectivity index (χ0v) is 26.7. The largest absolute Gasteiger partial charge is 0.493 e. The van der Waals surface area contributed by atoms with Crippen molar-refractivity contribution in [3.63, 3.8) is 0 Å². The summed E-state index contributed by atoms with van der Waals surface area (Å²) in [7, 11) is 1.52. The van der Waals surface area contributed by atoms with Crippen molar-refractivity contribution in [2.75, 3.05) is 20.2 Å². The lowest BCUT2D eigenvalue weighted by molar-refractivity contribution is -0.384. The number of thiazole rings is 1. The lowest BCUT2D eigenvalue weighted by Gasteiger charge is -2.29. The van der Waals surface area contributed by atoms with Gasteiger partial charge in [-0.3, -0.25) is 24.3 Å². The summed E-state index contributed by atoms with van der Waals surface area (Å²) in [5.41, 5.74) is 2.98. The highest BCUT2D eigenvalue weighted by Crippen LogP contribution is 2.32. The first-order valence-corrected chi connectivity index (χ1v) is 15.5. The summed E-state index contributed by atoms with van der Waals surface area (Å²) in [4.78, 5) is 45.2. The van der Waals surface area contributed by atoms with Gasteiger partial charge in [0.05, 0.1) is 33.9 Å². The Balaban J connectivity index is 1.51. The maximum absolute atomic E-state index is 14.0. The zero-order valence-electron chi connectivity index (χ0n) is 25.2. The fourth-order valence-corrected chi connectivity index (χ4v) is 6.33. The van der Waals surface area contributed by atoms with E-state index >= 15 is 0 Å². The van der Waals surface area contributed by atoms with Crippen LogP contribution in [0.15, 0.2) is 87.8 Å². The molecule has 232 valence electrons. The van der Waals surface area contributed by atoms with E-state index in [1.165, 1.54) is 30.6 Å². The highest BCUT2D eigenvalue weighted by molar-refractivity contribution is 7.07. The Kier molecular flexibility index (Phi) is 9.50. The minimum absolute atomic E-state index is 0.00678. The van der Waals surface area contributed by atoms with Gasteiger partial charge in [0.2, 0.25) is 0 Å². The van der Waals surface area contributed by atoms with Gasteiger partial charge in [-0.05, 0) is 79.9 Å². The van der Waals surface area contributed by atoms with Crippen LogP contribution in [0.3, 0.4) is 0 Å². The molecule has 0 fully saturated rings. The number of aromatic nitrogens is 1. The third-order valence-corrected chi connectivity index (χ3v) is 8.75. The fourth-order valence-electron chi connectivity index (χ4n) is 5.16. The van der Waals surface area contributed by atoms with Gasteiger partial charge in [0.25, 0.3) is 17.2 Å². The van der Waals surface area contributed by atoms with Crippen LogP contribution < -0.4 is 24.4 Å². The molecule has 0 saturated carbocycles. The van der Waals surface area contributed by atoms with Crippen molar-refractivity contribution in [2.45, 2.75) is 33.4 Å². The van der Waals surface area contributed by atoms with Gasteiger partial charge < -0.3 is 14.4 Å². The van der Waals surface area contributed by atoms with Crippen LogP contribution in [0.4, 0.5) is 5.69 Å². The first kappa shape index (κ1) is 31.7. The van der Waals surface area contributed by atoms with E-state index < -0.39 is 11.0 Å². The van der Waals surface area contributed by atoms with E-state index in [-0.39, 0.29) is 23.8 Å². The van der Waals surface area contributed by atoms with Gasteiger partial charge in [-0.25, -0.2) is 4.99 Å². The molecular formula is C33H31ClN4O6S. The van der Waals surface area contributed by atoms with Crippen LogP contribution in [0.25, 0.3) is 6.08 Å². The summed E-state index contributed by atoms with van der Waals surface area (Å²) in [6.07, 6.45) is 1.76. The number of hydrogen-bond donors (Lipinski definition) is 0. The van der Waals surface area contributed by atoms with Gasteiger partial charge >= 0.3 is 0 Å². The maximum atomic E-state index is 14.0. The van der Waals surface area contributed by atoms with Crippen molar-refractivity contribution in [1.29, 1.82) is 0 Å². The van der Waals surface area contributed by atoms with E-state index in [9.17, 15) is 19.7 Å². The number of carbonyl (C=O) groups excluding carboxylic acids is 1. The number of fused-ring (bicyclic) bond motifs is 1. The molecule has 1 aromatic heterocycles. The minimum atomic E-state index is -0.668. The lowest BCUT2D eigenvalue weighted by Crippen LogP contribution is -2.43. The summed E-state index contributed by atoms with van der Waals surface area (Å²) in [5.74, 6) is 0.775. The topological polar surface area (TPSA) is 116 Å². The van der Waals surface area contributed by atoms with Gasteiger partial charge in [0.1, 0.15) is 6.61 Å². The number of benzene rings is 3. The second kappa shape index (κ2) is 13.5. The Morgan fingerprint density at radius 1 is 1.09 bits per heavy atom. The molecule has 0 unspecified atom stereocenters. The van der Waals surface area contributed by atoms with Crippen LogP contribution in [0.1, 0.15) is 43.5 Å². The smallest absolute Gasteiger partial charge is 0.271 e.